The SMILES string of the molecule is CCc1cccc(C)c1NC(=O)c1ccco1. The van der Waals surface area contributed by atoms with Gasteiger partial charge in [-0.05, 0) is 36.6 Å². The van der Waals surface area contributed by atoms with Crippen molar-refractivity contribution in [2.75, 3.05) is 5.32 Å². The maximum atomic E-state index is 11.9. The van der Waals surface area contributed by atoms with Gasteiger partial charge in [0, 0.05) is 5.69 Å². The van der Waals surface area contributed by atoms with Crippen LogP contribution in [0.4, 0.5) is 5.69 Å². The van der Waals surface area contributed by atoms with Crippen molar-refractivity contribution >= 4 is 11.6 Å². The molecule has 1 N–H and O–H groups in total. The van der Waals surface area contributed by atoms with E-state index in [-0.39, 0.29) is 5.91 Å². The van der Waals surface area contributed by atoms with E-state index < -0.39 is 0 Å². The molecule has 1 aromatic heterocycles. The number of benzene rings is 1. The molecule has 1 heterocycles. The number of nitrogens with one attached hydrogen (secondary N) is 1. The van der Waals surface area contributed by atoms with Crippen LogP contribution in [-0.2, 0) is 6.42 Å². The van der Waals surface area contributed by atoms with Gasteiger partial charge in [-0.25, -0.2) is 0 Å². The van der Waals surface area contributed by atoms with Crippen molar-refractivity contribution in [2.24, 2.45) is 0 Å². The number of amides is 1. The Bertz CT molecular complexity index is 515. The van der Waals surface area contributed by atoms with Gasteiger partial charge >= 0.3 is 0 Å². The molecular formula is C14H15NO2. The van der Waals surface area contributed by atoms with Crippen LogP contribution in [-0.4, -0.2) is 5.91 Å². The van der Waals surface area contributed by atoms with E-state index in [1.165, 1.54) is 6.26 Å². The molecule has 1 amide bonds. The fourth-order valence-corrected chi connectivity index (χ4v) is 1.78. The molecule has 3 nitrogen and oxygen atoms in total. The van der Waals surface area contributed by atoms with Crippen molar-refractivity contribution in [3.8, 4) is 0 Å². The Morgan fingerprint density at radius 3 is 2.76 bits per heavy atom. The van der Waals surface area contributed by atoms with Gasteiger partial charge in [0.2, 0.25) is 0 Å². The third kappa shape index (κ3) is 2.38. The lowest BCUT2D eigenvalue weighted by molar-refractivity contribution is 0.0996. The number of hydrogen-bond acceptors (Lipinski definition) is 2. The van der Waals surface area contributed by atoms with Crippen LogP contribution >= 0.6 is 0 Å². The first kappa shape index (κ1) is 11.5. The second-order valence-electron chi connectivity index (χ2n) is 3.89. The van der Waals surface area contributed by atoms with E-state index in [0.717, 1.165) is 23.2 Å². The number of carbonyl (C=O) groups is 1. The van der Waals surface area contributed by atoms with E-state index in [2.05, 4.69) is 12.2 Å². The maximum absolute atomic E-state index is 11.9. The van der Waals surface area contributed by atoms with Crippen LogP contribution in [0.1, 0.15) is 28.6 Å². The average molecular weight is 229 g/mol. The number of aryl methyl sites for hydroxylation is 2. The Morgan fingerprint density at radius 2 is 2.12 bits per heavy atom. The summed E-state index contributed by atoms with van der Waals surface area (Å²) in [4.78, 5) is 11.9. The molecule has 17 heavy (non-hydrogen) atoms. The fourth-order valence-electron chi connectivity index (χ4n) is 1.78. The molecule has 0 spiro atoms. The standard InChI is InChI=1S/C14H15NO2/c1-3-11-7-4-6-10(2)13(11)15-14(16)12-8-5-9-17-12/h4-9H,3H2,1-2H3,(H,15,16). The molecule has 0 saturated carbocycles. The molecular weight excluding hydrogens is 214 g/mol. The van der Waals surface area contributed by atoms with Crippen molar-refractivity contribution in [1.82, 2.24) is 0 Å². The van der Waals surface area contributed by atoms with E-state index in [1.807, 2.05) is 25.1 Å². The molecule has 0 unspecified atom stereocenters. The van der Waals surface area contributed by atoms with Gasteiger partial charge in [0.25, 0.3) is 5.91 Å². The highest BCUT2D eigenvalue weighted by molar-refractivity contribution is 6.03. The molecule has 88 valence electrons. The number of furan rings is 1. The molecule has 0 aliphatic carbocycles. The monoisotopic (exact) mass is 229 g/mol. The van der Waals surface area contributed by atoms with Crippen LogP contribution < -0.4 is 5.32 Å². The second kappa shape index (κ2) is 4.87. The summed E-state index contributed by atoms with van der Waals surface area (Å²) >= 11 is 0. The normalized spacial score (nSPS) is 10.2. The number of rotatable bonds is 3. The van der Waals surface area contributed by atoms with Gasteiger partial charge in [-0.15, -0.1) is 0 Å². The van der Waals surface area contributed by atoms with Gasteiger partial charge in [-0.2, -0.15) is 0 Å². The highest BCUT2D eigenvalue weighted by Gasteiger charge is 2.12. The minimum atomic E-state index is -0.209. The van der Waals surface area contributed by atoms with Gasteiger partial charge in [-0.1, -0.05) is 25.1 Å². The smallest absolute Gasteiger partial charge is 0.291 e. The van der Waals surface area contributed by atoms with Gasteiger partial charge in [-0.3, -0.25) is 4.79 Å². The van der Waals surface area contributed by atoms with Crippen LogP contribution in [0.25, 0.3) is 0 Å². The summed E-state index contributed by atoms with van der Waals surface area (Å²) in [6, 6.07) is 9.35. The first-order chi connectivity index (χ1) is 8.22. The summed E-state index contributed by atoms with van der Waals surface area (Å²) < 4.78 is 5.07. The van der Waals surface area contributed by atoms with Crippen LogP contribution in [0.5, 0.6) is 0 Å². The Kier molecular flexibility index (Phi) is 3.28. The summed E-state index contributed by atoms with van der Waals surface area (Å²) in [6.07, 6.45) is 2.38. The van der Waals surface area contributed by atoms with E-state index in [1.54, 1.807) is 12.1 Å². The maximum Gasteiger partial charge on any atom is 0.291 e. The number of anilines is 1. The molecule has 0 fully saturated rings. The Morgan fingerprint density at radius 1 is 1.29 bits per heavy atom. The van der Waals surface area contributed by atoms with E-state index >= 15 is 0 Å². The van der Waals surface area contributed by atoms with Crippen LogP contribution in [0.15, 0.2) is 41.0 Å². The summed E-state index contributed by atoms with van der Waals surface area (Å²) in [7, 11) is 0. The van der Waals surface area contributed by atoms with Gasteiger partial charge < -0.3 is 9.73 Å². The zero-order valence-electron chi connectivity index (χ0n) is 9.99. The first-order valence-corrected chi connectivity index (χ1v) is 5.65. The predicted molar refractivity (Wildman–Crippen MR) is 67.2 cm³/mol. The minimum absolute atomic E-state index is 0.209. The molecule has 0 aliphatic heterocycles. The van der Waals surface area contributed by atoms with Crippen molar-refractivity contribution in [3.05, 3.63) is 53.5 Å². The summed E-state index contributed by atoms with van der Waals surface area (Å²) in [5.74, 6) is 0.120. The van der Waals surface area contributed by atoms with E-state index in [9.17, 15) is 4.79 Å². The third-order valence-electron chi connectivity index (χ3n) is 2.72. The highest BCUT2D eigenvalue weighted by atomic mass is 16.3. The van der Waals surface area contributed by atoms with Crippen LogP contribution in [0.2, 0.25) is 0 Å². The average Bonchev–Trinajstić information content (AvgIpc) is 2.85. The summed E-state index contributed by atoms with van der Waals surface area (Å²) in [5.41, 5.74) is 3.07. The zero-order valence-corrected chi connectivity index (χ0v) is 9.99. The molecule has 1 aromatic carbocycles. The van der Waals surface area contributed by atoms with Gasteiger partial charge in [0.05, 0.1) is 6.26 Å². The van der Waals surface area contributed by atoms with Gasteiger partial charge in [0.15, 0.2) is 5.76 Å². The molecule has 0 aliphatic rings. The molecule has 0 saturated heterocycles. The molecule has 2 aromatic rings. The molecule has 3 heteroatoms. The predicted octanol–water partition coefficient (Wildman–Crippen LogP) is 3.40. The second-order valence-corrected chi connectivity index (χ2v) is 3.89. The molecule has 2 rings (SSSR count). The minimum Gasteiger partial charge on any atom is -0.459 e. The summed E-state index contributed by atoms with van der Waals surface area (Å²) in [5, 5.41) is 2.90. The summed E-state index contributed by atoms with van der Waals surface area (Å²) in [6.45, 7) is 4.05. The topological polar surface area (TPSA) is 42.2 Å². The Labute approximate surface area is 100 Å². The number of carbonyl (C=O) groups excluding carboxylic acids is 1. The molecule has 0 atom stereocenters. The van der Waals surface area contributed by atoms with E-state index in [4.69, 9.17) is 4.42 Å². The lowest BCUT2D eigenvalue weighted by Crippen LogP contribution is -2.13. The lowest BCUT2D eigenvalue weighted by Gasteiger charge is -2.11. The van der Waals surface area contributed by atoms with Crippen molar-refractivity contribution < 1.29 is 9.21 Å². The largest absolute Gasteiger partial charge is 0.459 e. The zero-order chi connectivity index (χ0) is 12.3. The molecule has 0 radical (unpaired) electrons. The number of para-hydroxylation sites is 1. The number of hydrogen-bond donors (Lipinski definition) is 1. The van der Waals surface area contributed by atoms with Crippen LogP contribution in [0, 0.1) is 6.92 Å². The third-order valence-corrected chi connectivity index (χ3v) is 2.72. The quantitative estimate of drug-likeness (QED) is 0.876. The fraction of sp³-hybridized carbons (Fsp3) is 0.214. The van der Waals surface area contributed by atoms with Crippen LogP contribution in [0.3, 0.4) is 0 Å². The first-order valence-electron chi connectivity index (χ1n) is 5.65. The lowest BCUT2D eigenvalue weighted by atomic mass is 10.1. The Balaban J connectivity index is 2.27. The Hall–Kier alpha value is -2.03. The van der Waals surface area contributed by atoms with Crippen molar-refractivity contribution in [1.29, 1.82) is 0 Å². The molecule has 0 bridgehead atoms. The highest BCUT2D eigenvalue weighted by Crippen LogP contribution is 2.21. The van der Waals surface area contributed by atoms with Gasteiger partial charge in [0.1, 0.15) is 0 Å². The van der Waals surface area contributed by atoms with Crippen molar-refractivity contribution in [2.45, 2.75) is 20.3 Å². The van der Waals surface area contributed by atoms with Crippen molar-refractivity contribution in [3.63, 3.8) is 0 Å². The van der Waals surface area contributed by atoms with E-state index in [0.29, 0.717) is 5.76 Å².